The molecule has 1 atom stereocenters. The third-order valence-corrected chi connectivity index (χ3v) is 4.80. The van der Waals surface area contributed by atoms with E-state index in [2.05, 4.69) is 4.98 Å². The smallest absolute Gasteiger partial charge is 0.165 e. The second kappa shape index (κ2) is 5.14. The molecule has 3 heterocycles. The van der Waals surface area contributed by atoms with Crippen LogP contribution in [-0.4, -0.2) is 15.3 Å². The fraction of sp³-hybridized carbons (Fsp3) is 0.100. The number of ketones is 1. The van der Waals surface area contributed by atoms with Crippen molar-refractivity contribution in [3.63, 3.8) is 0 Å². The van der Waals surface area contributed by atoms with Gasteiger partial charge in [-0.05, 0) is 48.0 Å². The standard InChI is InChI=1S/C20H13FN2O2/c21-14-2-3-15-16(8-14)17(23-11-22-10-18(15)23)9-19(24)12-1-4-20-13(7-12)5-6-25-20/h1-8,10-11,17H,9H2. The molecule has 0 amide bonds. The third kappa shape index (κ3) is 2.12. The Labute approximate surface area is 142 Å². The zero-order valence-electron chi connectivity index (χ0n) is 13.1. The van der Waals surface area contributed by atoms with Gasteiger partial charge in [-0.1, -0.05) is 0 Å². The van der Waals surface area contributed by atoms with Crippen molar-refractivity contribution in [1.82, 2.24) is 9.55 Å². The molecule has 2 aromatic carbocycles. The summed E-state index contributed by atoms with van der Waals surface area (Å²) in [5, 5.41) is 0.895. The van der Waals surface area contributed by atoms with Gasteiger partial charge in [0.1, 0.15) is 11.4 Å². The molecule has 0 saturated heterocycles. The monoisotopic (exact) mass is 332 g/mol. The van der Waals surface area contributed by atoms with Crippen molar-refractivity contribution in [1.29, 1.82) is 0 Å². The molecule has 25 heavy (non-hydrogen) atoms. The number of nitrogens with zero attached hydrogens (tertiary/aromatic N) is 2. The average Bonchev–Trinajstić information content (AvgIpc) is 3.31. The van der Waals surface area contributed by atoms with Crippen LogP contribution >= 0.6 is 0 Å². The van der Waals surface area contributed by atoms with E-state index in [1.807, 2.05) is 16.7 Å². The molecule has 122 valence electrons. The molecule has 1 aliphatic rings. The number of furan rings is 1. The number of carbonyl (C=O) groups is 1. The zero-order chi connectivity index (χ0) is 17.0. The van der Waals surface area contributed by atoms with E-state index in [1.165, 1.54) is 12.1 Å². The second-order valence-electron chi connectivity index (χ2n) is 6.23. The minimum absolute atomic E-state index is 0.00450. The lowest BCUT2D eigenvalue weighted by Gasteiger charge is -2.14. The molecule has 0 aliphatic carbocycles. The molecule has 2 aromatic heterocycles. The van der Waals surface area contributed by atoms with Crippen molar-refractivity contribution < 1.29 is 13.6 Å². The number of hydrogen-bond donors (Lipinski definition) is 0. The lowest BCUT2D eigenvalue weighted by molar-refractivity contribution is 0.0970. The van der Waals surface area contributed by atoms with Crippen LogP contribution in [0, 0.1) is 5.82 Å². The fourth-order valence-electron chi connectivity index (χ4n) is 3.60. The second-order valence-corrected chi connectivity index (χ2v) is 6.23. The molecule has 1 unspecified atom stereocenters. The Balaban J connectivity index is 1.53. The molecule has 0 bridgehead atoms. The van der Waals surface area contributed by atoms with Crippen LogP contribution in [-0.2, 0) is 0 Å². The maximum atomic E-state index is 13.7. The van der Waals surface area contributed by atoms with Gasteiger partial charge in [0.15, 0.2) is 5.78 Å². The molecular weight excluding hydrogens is 319 g/mol. The number of carbonyl (C=O) groups excluding carboxylic acids is 1. The summed E-state index contributed by atoms with van der Waals surface area (Å²) in [7, 11) is 0. The number of hydrogen-bond acceptors (Lipinski definition) is 3. The highest BCUT2D eigenvalue weighted by Gasteiger charge is 2.30. The highest BCUT2D eigenvalue weighted by Crippen LogP contribution is 2.41. The van der Waals surface area contributed by atoms with E-state index >= 15 is 0 Å². The largest absolute Gasteiger partial charge is 0.464 e. The van der Waals surface area contributed by atoms with Crippen molar-refractivity contribution in [2.24, 2.45) is 0 Å². The van der Waals surface area contributed by atoms with E-state index in [0.29, 0.717) is 5.56 Å². The summed E-state index contributed by atoms with van der Waals surface area (Å²) in [4.78, 5) is 17.0. The molecule has 0 spiro atoms. The molecule has 5 heteroatoms. The van der Waals surface area contributed by atoms with Gasteiger partial charge >= 0.3 is 0 Å². The predicted octanol–water partition coefficient (Wildman–Crippen LogP) is 4.61. The first-order valence-electron chi connectivity index (χ1n) is 8.03. The van der Waals surface area contributed by atoms with E-state index in [-0.39, 0.29) is 24.1 Å². The van der Waals surface area contributed by atoms with Gasteiger partial charge in [0.25, 0.3) is 0 Å². The summed E-state index contributed by atoms with van der Waals surface area (Å²) in [6, 6.07) is 11.7. The lowest BCUT2D eigenvalue weighted by atomic mass is 9.96. The number of rotatable bonds is 3. The summed E-state index contributed by atoms with van der Waals surface area (Å²) in [6.45, 7) is 0. The summed E-state index contributed by atoms with van der Waals surface area (Å²) < 4.78 is 21.0. The van der Waals surface area contributed by atoms with Gasteiger partial charge in [0, 0.05) is 22.9 Å². The van der Waals surface area contributed by atoms with E-state index < -0.39 is 0 Å². The number of halogens is 1. The van der Waals surface area contributed by atoms with Crippen LogP contribution in [0.2, 0.25) is 0 Å². The van der Waals surface area contributed by atoms with Crippen molar-refractivity contribution in [2.75, 3.05) is 0 Å². The summed E-state index contributed by atoms with van der Waals surface area (Å²) in [5.41, 5.74) is 4.05. The fourth-order valence-corrected chi connectivity index (χ4v) is 3.60. The molecule has 1 aliphatic heterocycles. The summed E-state index contributed by atoms with van der Waals surface area (Å²) >= 11 is 0. The van der Waals surface area contributed by atoms with Crippen LogP contribution in [0.15, 0.2) is 65.7 Å². The predicted molar refractivity (Wildman–Crippen MR) is 90.9 cm³/mol. The molecule has 0 saturated carbocycles. The highest BCUT2D eigenvalue weighted by atomic mass is 19.1. The van der Waals surface area contributed by atoms with Gasteiger partial charge in [-0.3, -0.25) is 4.79 Å². The molecule has 4 aromatic rings. The SMILES string of the molecule is O=C(CC1c2cc(F)ccc2-c2cncn21)c1ccc2occc2c1. The zero-order valence-corrected chi connectivity index (χ0v) is 13.1. The summed E-state index contributed by atoms with van der Waals surface area (Å²) in [5.74, 6) is -0.292. The minimum Gasteiger partial charge on any atom is -0.464 e. The topological polar surface area (TPSA) is 48.0 Å². The van der Waals surface area contributed by atoms with E-state index in [4.69, 9.17) is 4.42 Å². The van der Waals surface area contributed by atoms with Crippen LogP contribution in [0.5, 0.6) is 0 Å². The van der Waals surface area contributed by atoms with Gasteiger partial charge < -0.3 is 8.98 Å². The number of aromatic nitrogens is 2. The Hall–Kier alpha value is -3.21. The third-order valence-electron chi connectivity index (χ3n) is 4.80. The minimum atomic E-state index is -0.297. The van der Waals surface area contributed by atoms with E-state index in [9.17, 15) is 9.18 Å². The lowest BCUT2D eigenvalue weighted by Crippen LogP contribution is -2.12. The molecule has 0 N–H and O–H groups in total. The highest BCUT2D eigenvalue weighted by molar-refractivity contribution is 6.00. The quantitative estimate of drug-likeness (QED) is 0.515. The Morgan fingerprint density at radius 1 is 1.20 bits per heavy atom. The van der Waals surface area contributed by atoms with Gasteiger partial charge in [-0.25, -0.2) is 9.37 Å². The Kier molecular flexibility index (Phi) is 2.91. The average molecular weight is 332 g/mol. The summed E-state index contributed by atoms with van der Waals surface area (Å²) in [6.07, 6.45) is 5.30. The van der Waals surface area contributed by atoms with Gasteiger partial charge in [0.2, 0.25) is 0 Å². The van der Waals surface area contributed by atoms with E-state index in [1.54, 1.807) is 37.0 Å². The van der Waals surface area contributed by atoms with Crippen LogP contribution in [0.1, 0.15) is 28.4 Å². The molecule has 4 nitrogen and oxygen atoms in total. The number of benzene rings is 2. The first-order chi connectivity index (χ1) is 12.2. The first-order valence-corrected chi connectivity index (χ1v) is 8.03. The molecule has 0 radical (unpaired) electrons. The molecular formula is C20H13FN2O2. The van der Waals surface area contributed by atoms with Crippen molar-refractivity contribution in [2.45, 2.75) is 12.5 Å². The molecule has 5 rings (SSSR count). The van der Waals surface area contributed by atoms with Crippen LogP contribution in [0.3, 0.4) is 0 Å². The van der Waals surface area contributed by atoms with Crippen molar-refractivity contribution in [3.05, 3.63) is 78.2 Å². The first kappa shape index (κ1) is 14.2. The number of imidazole rings is 1. The van der Waals surface area contributed by atoms with Crippen molar-refractivity contribution in [3.8, 4) is 11.3 Å². The Morgan fingerprint density at radius 3 is 3.04 bits per heavy atom. The number of fused-ring (bicyclic) bond motifs is 4. The van der Waals surface area contributed by atoms with E-state index in [0.717, 1.165) is 27.8 Å². The Bertz CT molecular complexity index is 1130. The van der Waals surface area contributed by atoms with Gasteiger partial charge in [-0.15, -0.1) is 0 Å². The van der Waals surface area contributed by atoms with Gasteiger partial charge in [-0.2, -0.15) is 0 Å². The maximum absolute atomic E-state index is 13.7. The van der Waals surface area contributed by atoms with Crippen LogP contribution in [0.4, 0.5) is 4.39 Å². The Morgan fingerprint density at radius 2 is 2.12 bits per heavy atom. The van der Waals surface area contributed by atoms with Crippen molar-refractivity contribution >= 4 is 16.8 Å². The number of Topliss-reactive ketones (excluding diaryl/α,β-unsaturated/α-hetero) is 1. The normalized spacial score (nSPS) is 15.3. The van der Waals surface area contributed by atoms with Gasteiger partial charge in [0.05, 0.1) is 30.5 Å². The van der Waals surface area contributed by atoms with Crippen LogP contribution < -0.4 is 0 Å². The molecule has 0 fully saturated rings. The van der Waals surface area contributed by atoms with Crippen LogP contribution in [0.25, 0.3) is 22.2 Å². The maximum Gasteiger partial charge on any atom is 0.165 e.